The van der Waals surface area contributed by atoms with E-state index >= 15 is 0 Å². The van der Waals surface area contributed by atoms with Crippen LogP contribution in [0.2, 0.25) is 0 Å². The van der Waals surface area contributed by atoms with Crippen molar-refractivity contribution in [1.82, 2.24) is 4.98 Å². The predicted molar refractivity (Wildman–Crippen MR) is 59.1 cm³/mol. The number of nitrogens with zero attached hydrogens (tertiary/aromatic N) is 1. The van der Waals surface area contributed by atoms with Crippen LogP contribution in [0.15, 0.2) is 24.4 Å². The van der Waals surface area contributed by atoms with Crippen molar-refractivity contribution in [1.29, 1.82) is 0 Å². The number of aryl methyl sites for hydroxylation is 2. The molecule has 72 valence electrons. The first-order chi connectivity index (χ1) is 6.74. The van der Waals surface area contributed by atoms with Gasteiger partial charge in [-0.1, -0.05) is 18.2 Å². The maximum atomic E-state index is 5.64. The molecule has 0 unspecified atom stereocenters. The quantitative estimate of drug-likeness (QED) is 0.742. The van der Waals surface area contributed by atoms with E-state index in [1.54, 1.807) is 0 Å². The third-order valence-electron chi connectivity index (χ3n) is 2.69. The van der Waals surface area contributed by atoms with Crippen molar-refractivity contribution in [3.05, 3.63) is 41.1 Å². The van der Waals surface area contributed by atoms with Crippen LogP contribution in [0.5, 0.6) is 0 Å². The zero-order chi connectivity index (χ0) is 10.1. The number of nitrogens with two attached hydrogens (primary N) is 1. The van der Waals surface area contributed by atoms with E-state index in [1.807, 2.05) is 6.20 Å². The second-order valence-corrected chi connectivity index (χ2v) is 3.58. The number of fused-ring (bicyclic) bond motifs is 1. The number of rotatable bonds is 1. The molecule has 1 heterocycles. The van der Waals surface area contributed by atoms with Crippen LogP contribution in [-0.2, 0) is 6.54 Å². The van der Waals surface area contributed by atoms with Gasteiger partial charge in [-0.2, -0.15) is 0 Å². The fourth-order valence-electron chi connectivity index (χ4n) is 1.75. The summed E-state index contributed by atoms with van der Waals surface area (Å²) in [7, 11) is 0. The van der Waals surface area contributed by atoms with E-state index in [0.717, 1.165) is 11.1 Å². The minimum atomic E-state index is 0.558. The summed E-state index contributed by atoms with van der Waals surface area (Å²) < 4.78 is 0. The van der Waals surface area contributed by atoms with E-state index in [1.165, 1.54) is 16.5 Å². The van der Waals surface area contributed by atoms with Gasteiger partial charge in [-0.3, -0.25) is 4.98 Å². The third kappa shape index (κ3) is 1.28. The van der Waals surface area contributed by atoms with E-state index in [-0.39, 0.29) is 0 Å². The Morgan fingerprint density at radius 2 is 2.07 bits per heavy atom. The van der Waals surface area contributed by atoms with E-state index in [4.69, 9.17) is 5.73 Å². The summed E-state index contributed by atoms with van der Waals surface area (Å²) in [6.45, 7) is 4.74. The number of aromatic nitrogens is 1. The van der Waals surface area contributed by atoms with Gasteiger partial charge in [0.2, 0.25) is 0 Å². The van der Waals surface area contributed by atoms with E-state index in [0.29, 0.717) is 6.54 Å². The Kier molecular flexibility index (Phi) is 2.22. The van der Waals surface area contributed by atoms with Crippen LogP contribution in [0.4, 0.5) is 0 Å². The Labute approximate surface area is 83.8 Å². The first-order valence-electron chi connectivity index (χ1n) is 4.78. The number of hydrogen-bond acceptors (Lipinski definition) is 2. The van der Waals surface area contributed by atoms with Gasteiger partial charge in [0, 0.05) is 18.1 Å². The molecule has 0 aliphatic carbocycles. The lowest BCUT2D eigenvalue weighted by molar-refractivity contribution is 1.04. The molecule has 0 saturated carbocycles. The fraction of sp³-hybridized carbons (Fsp3) is 0.250. The van der Waals surface area contributed by atoms with Gasteiger partial charge in [0.15, 0.2) is 0 Å². The molecule has 2 N–H and O–H groups in total. The van der Waals surface area contributed by atoms with Crippen molar-refractivity contribution >= 4 is 10.9 Å². The summed E-state index contributed by atoms with van der Waals surface area (Å²) in [6.07, 6.45) is 1.88. The van der Waals surface area contributed by atoms with Crippen molar-refractivity contribution in [2.45, 2.75) is 20.4 Å². The number of para-hydroxylation sites is 1. The summed E-state index contributed by atoms with van der Waals surface area (Å²) >= 11 is 0. The Morgan fingerprint density at radius 3 is 2.79 bits per heavy atom. The molecule has 2 rings (SSSR count). The van der Waals surface area contributed by atoms with Crippen molar-refractivity contribution in [2.75, 3.05) is 0 Å². The molecular formula is C12H14N2. The minimum Gasteiger partial charge on any atom is -0.326 e. The molecule has 2 heteroatoms. The Balaban J connectivity index is 2.84. The summed E-state index contributed by atoms with van der Waals surface area (Å²) in [5.74, 6) is 0. The molecule has 0 aliphatic heterocycles. The molecule has 2 nitrogen and oxygen atoms in total. The largest absolute Gasteiger partial charge is 0.326 e. The third-order valence-corrected chi connectivity index (χ3v) is 2.69. The molecule has 0 amide bonds. The second kappa shape index (κ2) is 3.39. The van der Waals surface area contributed by atoms with Crippen LogP contribution in [-0.4, -0.2) is 4.98 Å². The maximum absolute atomic E-state index is 5.64. The predicted octanol–water partition coefficient (Wildman–Crippen LogP) is 2.31. The molecular weight excluding hydrogens is 172 g/mol. The van der Waals surface area contributed by atoms with Crippen LogP contribution in [0, 0.1) is 13.8 Å². The van der Waals surface area contributed by atoms with Gasteiger partial charge in [0.1, 0.15) is 0 Å². The highest BCUT2D eigenvalue weighted by Gasteiger charge is 2.04. The molecule has 0 saturated heterocycles. The van der Waals surface area contributed by atoms with Gasteiger partial charge in [-0.25, -0.2) is 0 Å². The molecule has 14 heavy (non-hydrogen) atoms. The van der Waals surface area contributed by atoms with Crippen molar-refractivity contribution in [3.63, 3.8) is 0 Å². The average molecular weight is 186 g/mol. The zero-order valence-electron chi connectivity index (χ0n) is 8.54. The highest BCUT2D eigenvalue weighted by atomic mass is 14.7. The van der Waals surface area contributed by atoms with E-state index < -0.39 is 0 Å². The molecule has 0 bridgehead atoms. The fourth-order valence-corrected chi connectivity index (χ4v) is 1.75. The van der Waals surface area contributed by atoms with Gasteiger partial charge in [-0.15, -0.1) is 0 Å². The summed E-state index contributed by atoms with van der Waals surface area (Å²) in [4.78, 5) is 4.43. The van der Waals surface area contributed by atoms with Crippen molar-refractivity contribution in [2.24, 2.45) is 5.73 Å². The lowest BCUT2D eigenvalue weighted by atomic mass is 10.0. The molecule has 0 aliphatic rings. The van der Waals surface area contributed by atoms with Crippen molar-refractivity contribution < 1.29 is 0 Å². The molecule has 0 atom stereocenters. The smallest absolute Gasteiger partial charge is 0.0733 e. The standard InChI is InChI=1S/C12H14N2/c1-8-4-3-5-11-9(2)10(6-13)7-14-12(8)11/h3-5,7H,6,13H2,1-2H3. The van der Waals surface area contributed by atoms with Gasteiger partial charge in [-0.05, 0) is 30.5 Å². The topological polar surface area (TPSA) is 38.9 Å². The summed E-state index contributed by atoms with van der Waals surface area (Å²) in [5, 5.41) is 1.22. The van der Waals surface area contributed by atoms with Gasteiger partial charge in [0.25, 0.3) is 0 Å². The Hall–Kier alpha value is -1.41. The normalized spacial score (nSPS) is 10.8. The first kappa shape index (κ1) is 9.16. The SMILES string of the molecule is Cc1c(CN)cnc2c(C)cccc12. The number of pyridine rings is 1. The second-order valence-electron chi connectivity index (χ2n) is 3.58. The Morgan fingerprint density at radius 1 is 1.29 bits per heavy atom. The summed E-state index contributed by atoms with van der Waals surface area (Å²) in [6, 6.07) is 6.24. The maximum Gasteiger partial charge on any atom is 0.0733 e. The van der Waals surface area contributed by atoms with Crippen molar-refractivity contribution in [3.8, 4) is 0 Å². The average Bonchev–Trinajstić information content (AvgIpc) is 2.20. The van der Waals surface area contributed by atoms with E-state index in [2.05, 4.69) is 37.0 Å². The van der Waals surface area contributed by atoms with Gasteiger partial charge >= 0.3 is 0 Å². The van der Waals surface area contributed by atoms with Crippen LogP contribution >= 0.6 is 0 Å². The lowest BCUT2D eigenvalue weighted by Gasteiger charge is -2.07. The zero-order valence-corrected chi connectivity index (χ0v) is 8.54. The summed E-state index contributed by atoms with van der Waals surface area (Å²) in [5.41, 5.74) is 10.3. The van der Waals surface area contributed by atoms with Gasteiger partial charge < -0.3 is 5.73 Å². The molecule has 1 aromatic heterocycles. The monoisotopic (exact) mass is 186 g/mol. The van der Waals surface area contributed by atoms with Crippen LogP contribution < -0.4 is 5.73 Å². The molecule has 0 spiro atoms. The molecule has 0 fully saturated rings. The van der Waals surface area contributed by atoms with E-state index in [9.17, 15) is 0 Å². The lowest BCUT2D eigenvalue weighted by Crippen LogP contribution is -2.01. The molecule has 0 radical (unpaired) electrons. The van der Waals surface area contributed by atoms with Crippen LogP contribution in [0.25, 0.3) is 10.9 Å². The minimum absolute atomic E-state index is 0.558. The van der Waals surface area contributed by atoms with Gasteiger partial charge in [0.05, 0.1) is 5.52 Å². The highest BCUT2D eigenvalue weighted by Crippen LogP contribution is 2.21. The molecule has 1 aromatic carbocycles. The highest BCUT2D eigenvalue weighted by molar-refractivity contribution is 5.85. The molecule has 2 aromatic rings. The first-order valence-corrected chi connectivity index (χ1v) is 4.78. The van der Waals surface area contributed by atoms with Crippen LogP contribution in [0.3, 0.4) is 0 Å². The van der Waals surface area contributed by atoms with Crippen LogP contribution in [0.1, 0.15) is 16.7 Å². The Bertz CT molecular complexity index is 475. The number of hydrogen-bond donors (Lipinski definition) is 1. The number of benzene rings is 1.